The zero-order valence-corrected chi connectivity index (χ0v) is 82.1. The highest BCUT2D eigenvalue weighted by atomic mass is 15.2. The standard InChI is InChI=1S/C44H42N2.C40H34N2.C20H17N.C16H15N.C14H11N/c1-8-36-18-21-42(29-33(36)5)46(41-17-11-14-32(4)26-41)44-23-20-38(28-35(44)7)37-19-22-43(34(6)27-37)45(39-15-9-12-30(2)24-39)40-16-10-13-31(3)25-40;1-4-32-16-22-36(23-17-32)42(40-15-9-11-31(3)29-40)38-26-20-34(21-27-38)33-18-24-37(25-19-33)41(35-12-6-5-7-13-35)39-14-8-10-30(2)28-39;1-2-17-13-15-20(16-14-17)21(18-9-5-3-6-10-18)19-11-7-4-8-12-19;1-3-12-9-10-16-14(11-12)13-7-5-6-8-15(13)17(16)4-2;1-2-15-13-9-5-3-7-11(13)12-8-4-6-10-14(12)15/h8-29H,1H2,2-7H3;4-29H,1H2,2-3H3;2-16H,1H2;3,5-11H,1,4H2,2H3;2-10H,1H2. The van der Waals surface area contributed by atoms with E-state index >= 15 is 0 Å². The van der Waals surface area contributed by atoms with Gasteiger partial charge < -0.3 is 33.6 Å². The topological polar surface area (TPSA) is 26.1 Å². The van der Waals surface area contributed by atoms with Crippen LogP contribution in [-0.2, 0) is 6.54 Å². The van der Waals surface area contributed by atoms with E-state index < -0.39 is 0 Å². The molecule has 21 rings (SSSR count). The van der Waals surface area contributed by atoms with E-state index in [0.29, 0.717) is 0 Å². The molecule has 0 N–H and O–H groups in total. The first-order valence-corrected chi connectivity index (χ1v) is 48.3. The van der Waals surface area contributed by atoms with Crippen LogP contribution in [0.25, 0.3) is 96.4 Å². The Bertz CT molecular complexity index is 7820. The Hall–Kier alpha value is -17.5. The molecule has 0 aliphatic rings. The second kappa shape index (κ2) is 44.5. The van der Waals surface area contributed by atoms with Crippen LogP contribution in [0.2, 0.25) is 0 Å². The minimum absolute atomic E-state index is 0.997. The molecule has 0 fully saturated rings. The van der Waals surface area contributed by atoms with Gasteiger partial charge in [-0.05, 0) is 364 Å². The second-order valence-electron chi connectivity index (χ2n) is 35.6. The summed E-state index contributed by atoms with van der Waals surface area (Å²) in [6.45, 7) is 39.9. The van der Waals surface area contributed by atoms with Crippen molar-refractivity contribution in [2.45, 2.75) is 68.9 Å². The fourth-order valence-corrected chi connectivity index (χ4v) is 18.8. The predicted octanol–water partition coefficient (Wildman–Crippen LogP) is 38.5. The highest BCUT2D eigenvalue weighted by Gasteiger charge is 2.23. The number of para-hydroxylation sites is 6. The highest BCUT2D eigenvalue weighted by molar-refractivity contribution is 6.10. The third kappa shape index (κ3) is 21.8. The summed E-state index contributed by atoms with van der Waals surface area (Å²) in [6, 6.07) is 162. The Morgan fingerprint density at radius 1 is 0.206 bits per heavy atom. The first kappa shape index (κ1) is 95.2. The number of fused-ring (bicyclic) bond motifs is 6. The van der Waals surface area contributed by atoms with Crippen molar-refractivity contribution < 1.29 is 0 Å². The van der Waals surface area contributed by atoms with Crippen molar-refractivity contribution in [3.05, 3.63) is 555 Å². The Morgan fingerprint density at radius 3 is 0.823 bits per heavy atom. The summed E-state index contributed by atoms with van der Waals surface area (Å²) in [5.41, 5.74) is 41.4. The third-order valence-corrected chi connectivity index (χ3v) is 25.8. The number of nitrogens with zero attached hydrogens (tertiary/aromatic N) is 7. The zero-order valence-electron chi connectivity index (χ0n) is 82.1. The molecule has 0 aliphatic heterocycles. The number of aryl methyl sites for hydroxylation is 9. The second-order valence-corrected chi connectivity index (χ2v) is 35.6. The van der Waals surface area contributed by atoms with Gasteiger partial charge in [-0.3, -0.25) is 0 Å². The van der Waals surface area contributed by atoms with Crippen molar-refractivity contribution in [3.63, 3.8) is 0 Å². The SMILES string of the molecule is C=Cc1ccc(N(c2ccc(-c3ccc(N(c4ccccc4)c4cccc(C)c4)cc3)cc2)c2cccc(C)c2)cc1.C=Cc1ccc(N(c2cccc(C)c2)c2ccc(-c3ccc(N(c4cccc(C)c4)c4cccc(C)c4)c(C)c3)cc2C)cc1C.C=Cc1ccc(N(c2ccccc2)c2ccccc2)cc1.C=Cc1ccc2c(c1)c1ccccc1n2CC.C=Cn1c2ccccc2c2ccccc21. The highest BCUT2D eigenvalue weighted by Crippen LogP contribution is 2.46. The Labute approximate surface area is 833 Å². The predicted molar refractivity (Wildman–Crippen MR) is 613 cm³/mol. The largest absolute Gasteiger partial charge is 0.341 e. The molecule has 0 unspecified atom stereocenters. The summed E-state index contributed by atoms with van der Waals surface area (Å²) in [5.74, 6) is 0. The molecule has 0 amide bonds. The maximum Gasteiger partial charge on any atom is 0.0534 e. The molecule has 141 heavy (non-hydrogen) atoms. The normalized spacial score (nSPS) is 10.8. The lowest BCUT2D eigenvalue weighted by Crippen LogP contribution is -2.12. The maximum absolute atomic E-state index is 3.99. The van der Waals surface area contributed by atoms with Crippen molar-refractivity contribution in [1.82, 2.24) is 9.13 Å². The molecule has 0 saturated heterocycles. The van der Waals surface area contributed by atoms with Gasteiger partial charge in [0, 0.05) is 131 Å². The Balaban J connectivity index is 0.000000130. The summed E-state index contributed by atoms with van der Waals surface area (Å²) in [4.78, 5) is 11.6. The van der Waals surface area contributed by atoms with Gasteiger partial charge >= 0.3 is 0 Å². The van der Waals surface area contributed by atoms with E-state index in [0.717, 1.165) is 97.2 Å². The quantitative estimate of drug-likeness (QED) is 0.0636. The molecular weight excluding hydrogens is 1710 g/mol. The van der Waals surface area contributed by atoms with E-state index in [2.05, 4.69) is 572 Å². The first-order chi connectivity index (χ1) is 68.9. The molecule has 0 spiro atoms. The van der Waals surface area contributed by atoms with Gasteiger partial charge in [-0.2, -0.15) is 0 Å². The molecule has 7 nitrogen and oxygen atoms in total. The molecule has 0 atom stereocenters. The molecule has 0 saturated carbocycles. The summed E-state index contributed by atoms with van der Waals surface area (Å²) in [6.07, 6.45) is 9.42. The summed E-state index contributed by atoms with van der Waals surface area (Å²) in [5, 5.41) is 5.22. The molecule has 0 radical (unpaired) electrons. The van der Waals surface area contributed by atoms with Crippen LogP contribution in [-0.4, -0.2) is 9.13 Å². The van der Waals surface area contributed by atoms with E-state index in [1.807, 2.05) is 42.6 Å². The van der Waals surface area contributed by atoms with Gasteiger partial charge in [-0.1, -0.05) is 300 Å². The van der Waals surface area contributed by atoms with E-state index in [4.69, 9.17) is 0 Å². The average molecular weight is 1830 g/mol. The van der Waals surface area contributed by atoms with Gasteiger partial charge in [0.25, 0.3) is 0 Å². The molecule has 2 aromatic heterocycles. The van der Waals surface area contributed by atoms with Crippen molar-refractivity contribution in [1.29, 1.82) is 0 Å². The average Bonchev–Trinajstić information content (AvgIpc) is 1.60. The smallest absolute Gasteiger partial charge is 0.0534 e. The monoisotopic (exact) mass is 1830 g/mol. The molecule has 2 heterocycles. The minimum atomic E-state index is 0.997. The number of aromatic nitrogens is 2. The van der Waals surface area contributed by atoms with E-state index in [1.54, 1.807) is 0 Å². The van der Waals surface area contributed by atoms with Crippen LogP contribution in [0.4, 0.5) is 85.3 Å². The molecule has 0 aliphatic carbocycles. The fraction of sp³-hybridized carbons (Fsp3) is 0.0746. The molecule has 7 heteroatoms. The molecule has 19 aromatic carbocycles. The molecular formula is C134H119N7. The fourth-order valence-electron chi connectivity index (χ4n) is 18.8. The number of rotatable bonds is 23. The van der Waals surface area contributed by atoms with Crippen LogP contribution in [0.1, 0.15) is 73.7 Å². The van der Waals surface area contributed by atoms with Gasteiger partial charge in [0.15, 0.2) is 0 Å². The Morgan fingerprint density at radius 2 is 0.489 bits per heavy atom. The number of benzene rings is 19. The molecule has 21 aromatic rings. The maximum atomic E-state index is 3.99. The lowest BCUT2D eigenvalue weighted by atomic mass is 9.98. The summed E-state index contributed by atoms with van der Waals surface area (Å²) < 4.78 is 4.49. The summed E-state index contributed by atoms with van der Waals surface area (Å²) in [7, 11) is 0. The van der Waals surface area contributed by atoms with Gasteiger partial charge in [-0.25, -0.2) is 0 Å². The van der Waals surface area contributed by atoms with Crippen LogP contribution in [0, 0.1) is 55.4 Å². The number of hydrogen-bond acceptors (Lipinski definition) is 5. The lowest BCUT2D eigenvalue weighted by Gasteiger charge is -2.29. The van der Waals surface area contributed by atoms with Crippen molar-refractivity contribution >= 4 is 159 Å². The van der Waals surface area contributed by atoms with Gasteiger partial charge in [0.2, 0.25) is 0 Å². The molecule has 0 bridgehead atoms. The number of anilines is 15. The van der Waals surface area contributed by atoms with Crippen LogP contribution in [0.15, 0.2) is 488 Å². The zero-order chi connectivity index (χ0) is 97.8. The van der Waals surface area contributed by atoms with Gasteiger partial charge in [0.1, 0.15) is 0 Å². The lowest BCUT2D eigenvalue weighted by molar-refractivity contribution is 0.827. The van der Waals surface area contributed by atoms with Gasteiger partial charge in [0.05, 0.1) is 11.0 Å². The minimum Gasteiger partial charge on any atom is -0.341 e. The molecule has 690 valence electrons. The Kier molecular flexibility index (Phi) is 30.1. The van der Waals surface area contributed by atoms with Crippen LogP contribution in [0.5, 0.6) is 0 Å². The van der Waals surface area contributed by atoms with E-state index in [-0.39, 0.29) is 0 Å². The van der Waals surface area contributed by atoms with Crippen molar-refractivity contribution in [2.75, 3.05) is 24.5 Å². The first-order valence-electron chi connectivity index (χ1n) is 48.3. The van der Waals surface area contributed by atoms with Crippen LogP contribution >= 0.6 is 0 Å². The van der Waals surface area contributed by atoms with Crippen molar-refractivity contribution in [2.24, 2.45) is 0 Å². The van der Waals surface area contributed by atoms with E-state index in [9.17, 15) is 0 Å². The van der Waals surface area contributed by atoms with Crippen molar-refractivity contribution in [3.8, 4) is 22.3 Å². The number of hydrogen-bond donors (Lipinski definition) is 0. The third-order valence-electron chi connectivity index (χ3n) is 25.8. The van der Waals surface area contributed by atoms with Gasteiger partial charge in [-0.15, -0.1) is 0 Å². The summed E-state index contributed by atoms with van der Waals surface area (Å²) >= 11 is 0. The van der Waals surface area contributed by atoms with Crippen LogP contribution < -0.4 is 24.5 Å². The van der Waals surface area contributed by atoms with Crippen LogP contribution in [0.3, 0.4) is 0 Å². The van der Waals surface area contributed by atoms with E-state index in [1.165, 1.54) is 127 Å².